The fourth-order valence-electron chi connectivity index (χ4n) is 4.08. The second-order valence-electron chi connectivity index (χ2n) is 8.43. The highest BCUT2D eigenvalue weighted by Gasteiger charge is 2.28. The van der Waals surface area contributed by atoms with Crippen molar-refractivity contribution in [1.29, 1.82) is 0 Å². The second-order valence-corrected chi connectivity index (χ2v) is 9.41. The molecule has 10 nitrogen and oxygen atoms in total. The van der Waals surface area contributed by atoms with Crippen LogP contribution in [0.4, 0.5) is 15.8 Å². The zero-order valence-corrected chi connectivity index (χ0v) is 19.8. The number of benzene rings is 2. The maximum Gasteiger partial charge on any atom is 0.286 e. The van der Waals surface area contributed by atoms with Crippen molar-refractivity contribution in [3.8, 4) is 11.5 Å². The van der Waals surface area contributed by atoms with E-state index in [2.05, 4.69) is 20.8 Å². The smallest absolute Gasteiger partial charge is 0.286 e. The number of carbonyl (C=O) groups excluding carboxylic acids is 3. The van der Waals surface area contributed by atoms with E-state index in [-0.39, 0.29) is 34.5 Å². The third-order valence-electron chi connectivity index (χ3n) is 5.92. The molecule has 2 N–H and O–H groups in total. The molecule has 2 aliphatic rings. The Morgan fingerprint density at radius 1 is 0.972 bits per heavy atom. The Kier molecular flexibility index (Phi) is 6.76. The van der Waals surface area contributed by atoms with Crippen LogP contribution in [0.15, 0.2) is 42.5 Å². The number of aromatic nitrogens is 2. The third kappa shape index (κ3) is 5.43. The number of halogens is 1. The Balaban J connectivity index is 1.11. The lowest BCUT2D eigenvalue weighted by molar-refractivity contribution is -0.117. The summed E-state index contributed by atoms with van der Waals surface area (Å²) in [5.41, 5.74) is 0.929. The van der Waals surface area contributed by atoms with E-state index in [9.17, 15) is 18.8 Å². The number of amides is 3. The maximum absolute atomic E-state index is 13.3. The molecular formula is C24H22FN5O5S. The van der Waals surface area contributed by atoms with Gasteiger partial charge in [-0.25, -0.2) is 4.39 Å². The summed E-state index contributed by atoms with van der Waals surface area (Å²) in [6.07, 6.45) is 1.60. The van der Waals surface area contributed by atoms with Crippen LogP contribution in [0.5, 0.6) is 11.5 Å². The van der Waals surface area contributed by atoms with Gasteiger partial charge >= 0.3 is 0 Å². The molecule has 12 heteroatoms. The van der Waals surface area contributed by atoms with Gasteiger partial charge in [0.05, 0.1) is 0 Å². The molecule has 3 aromatic rings. The Bertz CT molecular complexity index is 1310. The number of anilines is 2. The molecular weight excluding hydrogens is 489 g/mol. The van der Waals surface area contributed by atoms with Crippen molar-refractivity contribution in [2.24, 2.45) is 5.92 Å². The molecule has 0 bridgehead atoms. The van der Waals surface area contributed by atoms with Crippen molar-refractivity contribution in [3.05, 3.63) is 58.3 Å². The van der Waals surface area contributed by atoms with E-state index in [1.54, 1.807) is 29.2 Å². The minimum absolute atomic E-state index is 0.0694. The predicted octanol–water partition coefficient (Wildman–Crippen LogP) is 3.54. The van der Waals surface area contributed by atoms with Crippen LogP contribution in [0, 0.1) is 11.7 Å². The van der Waals surface area contributed by atoms with E-state index in [1.165, 1.54) is 18.2 Å². The topological polar surface area (TPSA) is 123 Å². The van der Waals surface area contributed by atoms with Gasteiger partial charge in [-0.05, 0) is 49.1 Å². The average molecular weight is 512 g/mol. The van der Waals surface area contributed by atoms with Crippen molar-refractivity contribution in [3.63, 3.8) is 0 Å². The van der Waals surface area contributed by atoms with Crippen LogP contribution in [-0.2, 0) is 4.79 Å². The molecule has 5 rings (SSSR count). The van der Waals surface area contributed by atoms with Gasteiger partial charge in [0.15, 0.2) is 11.5 Å². The molecule has 0 unspecified atom stereocenters. The predicted molar refractivity (Wildman–Crippen MR) is 129 cm³/mol. The number of ether oxygens (including phenoxy) is 2. The Morgan fingerprint density at radius 2 is 1.72 bits per heavy atom. The summed E-state index contributed by atoms with van der Waals surface area (Å²) >= 11 is 0.925. The number of carbonyl (C=O) groups is 3. The zero-order chi connectivity index (χ0) is 25.1. The molecule has 2 aliphatic heterocycles. The summed E-state index contributed by atoms with van der Waals surface area (Å²) in [6.45, 7) is 1.07. The Labute approximate surface area is 209 Å². The number of hydrogen-bond acceptors (Lipinski definition) is 8. The summed E-state index contributed by atoms with van der Waals surface area (Å²) < 4.78 is 23.9. The van der Waals surface area contributed by atoms with E-state index in [0.29, 0.717) is 55.2 Å². The molecule has 3 amide bonds. The van der Waals surface area contributed by atoms with Crippen LogP contribution < -0.4 is 20.1 Å². The fraction of sp³-hybridized carbons (Fsp3) is 0.292. The lowest BCUT2D eigenvalue weighted by Gasteiger charge is -2.31. The molecule has 3 heterocycles. The molecule has 186 valence electrons. The van der Waals surface area contributed by atoms with Gasteiger partial charge in [-0.1, -0.05) is 17.4 Å². The molecule has 0 saturated carbocycles. The molecule has 1 fully saturated rings. The van der Waals surface area contributed by atoms with Crippen LogP contribution >= 0.6 is 11.3 Å². The second kappa shape index (κ2) is 10.3. The normalized spacial score (nSPS) is 15.0. The fourth-order valence-corrected chi connectivity index (χ4v) is 4.78. The van der Waals surface area contributed by atoms with Gasteiger partial charge < -0.3 is 25.0 Å². The summed E-state index contributed by atoms with van der Waals surface area (Å²) in [6, 6.07) is 10.8. The van der Waals surface area contributed by atoms with E-state index in [0.717, 1.165) is 11.3 Å². The highest BCUT2D eigenvalue weighted by atomic mass is 32.1. The van der Waals surface area contributed by atoms with Crippen LogP contribution in [0.3, 0.4) is 0 Å². The Morgan fingerprint density at radius 3 is 2.53 bits per heavy atom. The first-order chi connectivity index (χ1) is 17.4. The van der Waals surface area contributed by atoms with Crippen molar-refractivity contribution >= 4 is 40.4 Å². The Hall–Kier alpha value is -4.06. The van der Waals surface area contributed by atoms with Crippen molar-refractivity contribution in [2.45, 2.75) is 19.3 Å². The van der Waals surface area contributed by atoms with E-state index >= 15 is 0 Å². The quantitative estimate of drug-likeness (QED) is 0.519. The summed E-state index contributed by atoms with van der Waals surface area (Å²) in [4.78, 5) is 39.4. The van der Waals surface area contributed by atoms with Gasteiger partial charge in [0.25, 0.3) is 11.8 Å². The number of nitrogens with one attached hydrogen (secondary N) is 2. The number of nitrogens with zero attached hydrogens (tertiary/aromatic N) is 3. The number of rotatable bonds is 6. The molecule has 1 saturated heterocycles. The minimum Gasteiger partial charge on any atom is -0.454 e. The lowest BCUT2D eigenvalue weighted by atomic mass is 9.93. The molecule has 2 aromatic carbocycles. The van der Waals surface area contributed by atoms with Gasteiger partial charge in [-0.2, -0.15) is 0 Å². The molecule has 0 aliphatic carbocycles. The SMILES string of the molecule is O=C(CC1CCN(C(=O)c2nnc(C(=O)Nc3ccc4c(c3)OCO4)s2)CC1)Nc1cccc(F)c1. The van der Waals surface area contributed by atoms with Crippen LogP contribution in [0.1, 0.15) is 38.9 Å². The third-order valence-corrected chi connectivity index (χ3v) is 6.83. The highest BCUT2D eigenvalue weighted by Crippen LogP contribution is 2.34. The van der Waals surface area contributed by atoms with E-state index in [1.807, 2.05) is 0 Å². The van der Waals surface area contributed by atoms with Crippen molar-refractivity contribution in [1.82, 2.24) is 15.1 Å². The monoisotopic (exact) mass is 511 g/mol. The number of piperidine rings is 1. The summed E-state index contributed by atoms with van der Waals surface area (Å²) in [5, 5.41) is 13.4. The van der Waals surface area contributed by atoms with Gasteiger partial charge in [0.2, 0.25) is 22.7 Å². The highest BCUT2D eigenvalue weighted by molar-refractivity contribution is 7.15. The van der Waals surface area contributed by atoms with Gasteiger partial charge in [0.1, 0.15) is 5.82 Å². The number of fused-ring (bicyclic) bond motifs is 1. The van der Waals surface area contributed by atoms with Crippen LogP contribution in [-0.4, -0.2) is 52.7 Å². The van der Waals surface area contributed by atoms with Gasteiger partial charge in [0, 0.05) is 37.0 Å². The van der Waals surface area contributed by atoms with E-state index < -0.39 is 11.7 Å². The maximum atomic E-state index is 13.3. The first-order valence-electron chi connectivity index (χ1n) is 11.3. The van der Waals surface area contributed by atoms with Gasteiger partial charge in [-0.3, -0.25) is 14.4 Å². The minimum atomic E-state index is -0.478. The number of likely N-dealkylation sites (tertiary alicyclic amines) is 1. The molecule has 0 spiro atoms. The number of hydrogen-bond donors (Lipinski definition) is 2. The summed E-state index contributed by atoms with van der Waals surface area (Å²) in [5.74, 6) is -0.119. The van der Waals surface area contributed by atoms with Crippen molar-refractivity contribution in [2.75, 3.05) is 30.5 Å². The average Bonchev–Trinajstić information content (AvgIpc) is 3.54. The van der Waals surface area contributed by atoms with Crippen LogP contribution in [0.25, 0.3) is 0 Å². The standard InChI is InChI=1S/C24H22FN5O5S/c25-15-2-1-3-16(11-15)26-20(31)10-14-6-8-30(9-7-14)24(33)23-29-28-22(36-23)21(32)27-17-4-5-18-19(12-17)35-13-34-18/h1-5,11-12,14H,6-10,13H2,(H,26,31)(H,27,32). The lowest BCUT2D eigenvalue weighted by Crippen LogP contribution is -2.39. The molecule has 36 heavy (non-hydrogen) atoms. The van der Waals surface area contributed by atoms with Crippen molar-refractivity contribution < 1.29 is 28.2 Å². The van der Waals surface area contributed by atoms with Crippen LogP contribution in [0.2, 0.25) is 0 Å². The van der Waals surface area contributed by atoms with E-state index in [4.69, 9.17) is 9.47 Å². The molecule has 0 atom stereocenters. The largest absolute Gasteiger partial charge is 0.454 e. The summed E-state index contributed by atoms with van der Waals surface area (Å²) in [7, 11) is 0. The zero-order valence-electron chi connectivity index (χ0n) is 19.0. The first kappa shape index (κ1) is 23.7. The molecule has 0 radical (unpaired) electrons. The first-order valence-corrected chi connectivity index (χ1v) is 12.2. The van der Waals surface area contributed by atoms with Gasteiger partial charge in [-0.15, -0.1) is 10.2 Å². The molecule has 1 aromatic heterocycles.